The summed E-state index contributed by atoms with van der Waals surface area (Å²) in [4.78, 5) is 22.2. The van der Waals surface area contributed by atoms with Crippen LogP contribution in [0.3, 0.4) is 0 Å². The Labute approximate surface area is 154 Å². The lowest BCUT2D eigenvalue weighted by atomic mass is 10.1. The zero-order chi connectivity index (χ0) is 17.9. The van der Waals surface area contributed by atoms with E-state index in [2.05, 4.69) is 27.3 Å². The molecule has 2 aliphatic heterocycles. The number of amides is 1. The van der Waals surface area contributed by atoms with Gasteiger partial charge in [-0.1, -0.05) is 12.1 Å². The van der Waals surface area contributed by atoms with E-state index >= 15 is 0 Å². The molecule has 26 heavy (non-hydrogen) atoms. The maximum absolute atomic E-state index is 13.3. The molecule has 2 aromatic rings. The molecular weight excluding hydrogens is 326 g/mol. The molecule has 2 saturated heterocycles. The molecule has 1 aromatic heterocycles. The third-order valence-corrected chi connectivity index (χ3v) is 5.44. The Morgan fingerprint density at radius 3 is 2.88 bits per heavy atom. The SMILES string of the molecule is Cn1ccnc1C1CNCCN1C(=O)c1cccc(CN2CCCC2)c1. The highest BCUT2D eigenvalue weighted by Gasteiger charge is 2.31. The number of likely N-dealkylation sites (tertiary alicyclic amines) is 1. The van der Waals surface area contributed by atoms with Gasteiger partial charge in [0.25, 0.3) is 5.91 Å². The van der Waals surface area contributed by atoms with Crippen LogP contribution in [0.2, 0.25) is 0 Å². The molecule has 4 rings (SSSR count). The van der Waals surface area contributed by atoms with E-state index < -0.39 is 0 Å². The van der Waals surface area contributed by atoms with Gasteiger partial charge in [0.1, 0.15) is 11.9 Å². The predicted molar refractivity (Wildman–Crippen MR) is 101 cm³/mol. The highest BCUT2D eigenvalue weighted by Crippen LogP contribution is 2.23. The van der Waals surface area contributed by atoms with Crippen LogP contribution in [0.5, 0.6) is 0 Å². The maximum atomic E-state index is 13.3. The molecular formula is C20H27N5O. The number of aromatic nitrogens is 2. The highest BCUT2D eigenvalue weighted by atomic mass is 16.2. The van der Waals surface area contributed by atoms with Gasteiger partial charge in [-0.3, -0.25) is 9.69 Å². The van der Waals surface area contributed by atoms with Gasteiger partial charge in [0, 0.05) is 51.2 Å². The van der Waals surface area contributed by atoms with E-state index in [9.17, 15) is 4.79 Å². The van der Waals surface area contributed by atoms with Crippen LogP contribution in [0.25, 0.3) is 0 Å². The van der Waals surface area contributed by atoms with Crippen molar-refractivity contribution in [3.05, 3.63) is 53.6 Å². The smallest absolute Gasteiger partial charge is 0.254 e. The first-order valence-electron chi connectivity index (χ1n) is 9.52. The number of imidazole rings is 1. The number of piperazine rings is 1. The summed E-state index contributed by atoms with van der Waals surface area (Å²) in [6, 6.07) is 8.11. The van der Waals surface area contributed by atoms with E-state index in [-0.39, 0.29) is 11.9 Å². The second kappa shape index (κ2) is 7.60. The van der Waals surface area contributed by atoms with Crippen LogP contribution in [0.4, 0.5) is 0 Å². The standard InChI is InChI=1S/C20H27N5O/c1-23-11-8-22-19(23)18-14-21-7-12-25(18)20(26)17-6-4-5-16(13-17)15-24-9-2-3-10-24/h4-6,8,11,13,18,21H,2-3,7,9-10,12,14-15H2,1H3. The topological polar surface area (TPSA) is 53.4 Å². The summed E-state index contributed by atoms with van der Waals surface area (Å²) < 4.78 is 2.00. The van der Waals surface area contributed by atoms with Gasteiger partial charge in [0.2, 0.25) is 0 Å². The van der Waals surface area contributed by atoms with Gasteiger partial charge < -0.3 is 14.8 Å². The molecule has 1 N–H and O–H groups in total. The van der Waals surface area contributed by atoms with Crippen molar-refractivity contribution in [2.75, 3.05) is 32.7 Å². The van der Waals surface area contributed by atoms with Gasteiger partial charge in [0.15, 0.2) is 0 Å². The first-order valence-corrected chi connectivity index (χ1v) is 9.52. The minimum absolute atomic E-state index is 0.0292. The quantitative estimate of drug-likeness (QED) is 0.911. The van der Waals surface area contributed by atoms with Crippen LogP contribution in [-0.4, -0.2) is 58.0 Å². The Balaban J connectivity index is 1.54. The summed E-state index contributed by atoms with van der Waals surface area (Å²) in [5, 5.41) is 3.39. The summed E-state index contributed by atoms with van der Waals surface area (Å²) >= 11 is 0. The highest BCUT2D eigenvalue weighted by molar-refractivity contribution is 5.94. The number of carbonyl (C=O) groups excluding carboxylic acids is 1. The van der Waals surface area contributed by atoms with E-state index in [1.165, 1.54) is 18.4 Å². The van der Waals surface area contributed by atoms with Crippen molar-refractivity contribution in [1.82, 2.24) is 24.7 Å². The third-order valence-electron chi connectivity index (χ3n) is 5.44. The number of nitrogens with one attached hydrogen (secondary N) is 1. The second-order valence-electron chi connectivity index (χ2n) is 7.30. The minimum Gasteiger partial charge on any atom is -0.336 e. The lowest BCUT2D eigenvalue weighted by Crippen LogP contribution is -2.49. The molecule has 138 valence electrons. The molecule has 0 bridgehead atoms. The fraction of sp³-hybridized carbons (Fsp3) is 0.500. The first kappa shape index (κ1) is 17.2. The van der Waals surface area contributed by atoms with Gasteiger partial charge >= 0.3 is 0 Å². The van der Waals surface area contributed by atoms with Crippen LogP contribution in [0.15, 0.2) is 36.7 Å². The Bertz CT molecular complexity index is 765. The van der Waals surface area contributed by atoms with E-state index in [0.717, 1.165) is 44.1 Å². The summed E-state index contributed by atoms with van der Waals surface area (Å²) in [5.74, 6) is 1.03. The van der Waals surface area contributed by atoms with Crippen molar-refractivity contribution >= 4 is 5.91 Å². The summed E-state index contributed by atoms with van der Waals surface area (Å²) in [7, 11) is 1.98. The molecule has 3 heterocycles. The molecule has 1 unspecified atom stereocenters. The van der Waals surface area contributed by atoms with Crippen molar-refractivity contribution in [1.29, 1.82) is 0 Å². The van der Waals surface area contributed by atoms with E-state index in [4.69, 9.17) is 0 Å². The van der Waals surface area contributed by atoms with Gasteiger partial charge in [-0.05, 0) is 43.6 Å². The van der Waals surface area contributed by atoms with Crippen molar-refractivity contribution in [3.63, 3.8) is 0 Å². The molecule has 0 aliphatic carbocycles. The summed E-state index contributed by atoms with van der Waals surface area (Å²) in [5.41, 5.74) is 2.00. The van der Waals surface area contributed by atoms with E-state index in [0.29, 0.717) is 6.54 Å². The number of benzene rings is 1. The van der Waals surface area contributed by atoms with Crippen molar-refractivity contribution < 1.29 is 4.79 Å². The molecule has 2 fully saturated rings. The zero-order valence-corrected chi connectivity index (χ0v) is 15.4. The predicted octanol–water partition coefficient (Wildman–Crippen LogP) is 1.80. The van der Waals surface area contributed by atoms with Gasteiger partial charge in [0.05, 0.1) is 0 Å². The molecule has 1 atom stereocenters. The monoisotopic (exact) mass is 353 g/mol. The maximum Gasteiger partial charge on any atom is 0.254 e. The molecule has 1 amide bonds. The Morgan fingerprint density at radius 1 is 1.27 bits per heavy atom. The molecule has 6 heteroatoms. The van der Waals surface area contributed by atoms with Crippen molar-refractivity contribution in [3.8, 4) is 0 Å². The lowest BCUT2D eigenvalue weighted by molar-refractivity contribution is 0.0620. The normalized spacial score (nSPS) is 21.3. The molecule has 0 spiro atoms. The van der Waals surface area contributed by atoms with Crippen LogP contribution < -0.4 is 5.32 Å². The lowest BCUT2D eigenvalue weighted by Gasteiger charge is -2.36. The zero-order valence-electron chi connectivity index (χ0n) is 15.4. The number of hydrogen-bond acceptors (Lipinski definition) is 4. The Kier molecular flexibility index (Phi) is 5.04. The van der Waals surface area contributed by atoms with Gasteiger partial charge in [-0.2, -0.15) is 0 Å². The summed E-state index contributed by atoms with van der Waals surface area (Å²) in [6.45, 7) is 5.52. The number of rotatable bonds is 4. The second-order valence-corrected chi connectivity index (χ2v) is 7.30. The minimum atomic E-state index is -0.0292. The Morgan fingerprint density at radius 2 is 2.12 bits per heavy atom. The number of hydrogen-bond donors (Lipinski definition) is 1. The molecule has 2 aliphatic rings. The fourth-order valence-electron chi connectivity index (χ4n) is 4.04. The van der Waals surface area contributed by atoms with E-state index in [1.807, 2.05) is 34.8 Å². The largest absolute Gasteiger partial charge is 0.336 e. The number of aryl methyl sites for hydroxylation is 1. The molecule has 0 radical (unpaired) electrons. The molecule has 1 aromatic carbocycles. The van der Waals surface area contributed by atoms with Crippen LogP contribution in [0, 0.1) is 0 Å². The van der Waals surface area contributed by atoms with E-state index in [1.54, 1.807) is 6.20 Å². The van der Waals surface area contributed by atoms with Crippen LogP contribution in [-0.2, 0) is 13.6 Å². The number of nitrogens with zero attached hydrogens (tertiary/aromatic N) is 4. The fourth-order valence-corrected chi connectivity index (χ4v) is 4.04. The van der Waals surface area contributed by atoms with Crippen LogP contribution in [0.1, 0.15) is 40.6 Å². The third kappa shape index (κ3) is 3.52. The average molecular weight is 353 g/mol. The number of carbonyl (C=O) groups is 1. The average Bonchev–Trinajstić information content (AvgIpc) is 3.33. The first-order chi connectivity index (χ1) is 12.7. The van der Waals surface area contributed by atoms with Gasteiger partial charge in [-0.25, -0.2) is 4.98 Å². The van der Waals surface area contributed by atoms with Gasteiger partial charge in [-0.15, -0.1) is 0 Å². The van der Waals surface area contributed by atoms with Crippen molar-refractivity contribution in [2.45, 2.75) is 25.4 Å². The molecule has 6 nitrogen and oxygen atoms in total. The Hall–Kier alpha value is -2.18. The molecule has 0 saturated carbocycles. The van der Waals surface area contributed by atoms with Crippen molar-refractivity contribution in [2.24, 2.45) is 7.05 Å². The van der Waals surface area contributed by atoms with Crippen LogP contribution >= 0.6 is 0 Å². The summed E-state index contributed by atoms with van der Waals surface area (Å²) in [6.07, 6.45) is 6.29.